The number of hydrogen-bond donors (Lipinski definition) is 1. The van der Waals surface area contributed by atoms with Crippen LogP contribution in [0, 0.1) is 18.7 Å². The number of sulfonamides is 1. The summed E-state index contributed by atoms with van der Waals surface area (Å²) in [6.07, 6.45) is 0. The summed E-state index contributed by atoms with van der Waals surface area (Å²) in [4.78, 5) is 28.3. The van der Waals surface area contributed by atoms with Gasteiger partial charge in [0.1, 0.15) is 24.2 Å². The summed E-state index contributed by atoms with van der Waals surface area (Å²) in [5, 5.41) is 2.83. The number of anilines is 1. The number of nitrogens with zero attached hydrogens (tertiary/aromatic N) is 2. The normalized spacial score (nSPS) is 12.1. The molecule has 0 heterocycles. The van der Waals surface area contributed by atoms with Crippen LogP contribution in [0.4, 0.5) is 10.1 Å². The molecule has 40 heavy (non-hydrogen) atoms. The zero-order valence-electron chi connectivity index (χ0n) is 23.4. The molecule has 10 heteroatoms. The zero-order valence-corrected chi connectivity index (χ0v) is 24.2. The summed E-state index contributed by atoms with van der Waals surface area (Å²) in [5.41, 5.74) is 1.65. The molecule has 0 spiro atoms. The number of carbonyl (C=O) groups excluding carboxylic acids is 2. The largest absolute Gasteiger partial charge is 0.495 e. The lowest BCUT2D eigenvalue weighted by Crippen LogP contribution is -2.51. The predicted octanol–water partition coefficient (Wildman–Crippen LogP) is 4.53. The van der Waals surface area contributed by atoms with Crippen LogP contribution in [0.3, 0.4) is 0 Å². The number of ether oxygens (including phenoxy) is 1. The van der Waals surface area contributed by atoms with Gasteiger partial charge in [0.15, 0.2) is 0 Å². The van der Waals surface area contributed by atoms with Crippen LogP contribution < -0.4 is 14.4 Å². The minimum absolute atomic E-state index is 0.00427. The lowest BCUT2D eigenvalue weighted by atomic mass is 10.1. The van der Waals surface area contributed by atoms with Gasteiger partial charge in [-0.25, -0.2) is 12.8 Å². The average molecular weight is 570 g/mol. The smallest absolute Gasteiger partial charge is 0.264 e. The monoisotopic (exact) mass is 569 g/mol. The van der Waals surface area contributed by atoms with Crippen molar-refractivity contribution in [3.8, 4) is 5.75 Å². The van der Waals surface area contributed by atoms with Crippen LogP contribution in [0.5, 0.6) is 5.75 Å². The van der Waals surface area contributed by atoms with Gasteiger partial charge in [-0.05, 0) is 61.7 Å². The Balaban J connectivity index is 2.04. The number of nitrogens with one attached hydrogen (secondary N) is 1. The minimum atomic E-state index is -4.22. The average Bonchev–Trinajstić information content (AvgIpc) is 2.93. The van der Waals surface area contributed by atoms with Gasteiger partial charge in [0, 0.05) is 13.1 Å². The lowest BCUT2D eigenvalue weighted by molar-refractivity contribution is -0.139. The first kappa shape index (κ1) is 30.6. The van der Waals surface area contributed by atoms with Crippen LogP contribution in [0.2, 0.25) is 0 Å². The molecule has 0 aliphatic rings. The number of rotatable bonds is 12. The molecule has 2 amide bonds. The number of halogens is 1. The molecule has 0 fully saturated rings. The van der Waals surface area contributed by atoms with E-state index in [1.807, 2.05) is 20.8 Å². The van der Waals surface area contributed by atoms with E-state index < -0.39 is 34.3 Å². The number of para-hydroxylation sites is 2. The first-order valence-corrected chi connectivity index (χ1v) is 14.4. The summed E-state index contributed by atoms with van der Waals surface area (Å²) in [6.45, 7) is 7.12. The maximum Gasteiger partial charge on any atom is 0.264 e. The zero-order chi connectivity index (χ0) is 29.4. The molecule has 0 radical (unpaired) electrons. The van der Waals surface area contributed by atoms with Gasteiger partial charge in [-0.15, -0.1) is 0 Å². The number of amides is 2. The molecular weight excluding hydrogens is 533 g/mol. The summed E-state index contributed by atoms with van der Waals surface area (Å²) >= 11 is 0. The summed E-state index contributed by atoms with van der Waals surface area (Å²) in [7, 11) is -2.81. The fourth-order valence-corrected chi connectivity index (χ4v) is 5.43. The molecule has 214 valence electrons. The highest BCUT2D eigenvalue weighted by atomic mass is 32.2. The van der Waals surface area contributed by atoms with Crippen LogP contribution >= 0.6 is 0 Å². The van der Waals surface area contributed by atoms with E-state index in [0.717, 1.165) is 9.87 Å². The number of hydrogen-bond acceptors (Lipinski definition) is 5. The predicted molar refractivity (Wildman–Crippen MR) is 153 cm³/mol. The number of methoxy groups -OCH3 is 1. The number of benzene rings is 3. The molecule has 3 rings (SSSR count). The van der Waals surface area contributed by atoms with Gasteiger partial charge < -0.3 is 15.0 Å². The molecule has 0 aliphatic carbocycles. The Morgan fingerprint density at radius 2 is 1.57 bits per heavy atom. The van der Waals surface area contributed by atoms with Crippen LogP contribution in [0.1, 0.15) is 31.9 Å². The second-order valence-electron chi connectivity index (χ2n) is 9.96. The molecule has 0 bridgehead atoms. The lowest BCUT2D eigenvalue weighted by Gasteiger charge is -2.32. The van der Waals surface area contributed by atoms with Crippen LogP contribution in [-0.2, 0) is 26.2 Å². The molecule has 1 N–H and O–H groups in total. The molecule has 8 nitrogen and oxygen atoms in total. The van der Waals surface area contributed by atoms with Gasteiger partial charge in [-0.2, -0.15) is 0 Å². The molecular formula is C30H36FN3O5S. The van der Waals surface area contributed by atoms with Crippen molar-refractivity contribution in [2.45, 2.75) is 45.2 Å². The van der Waals surface area contributed by atoms with E-state index in [1.54, 1.807) is 43.3 Å². The summed E-state index contributed by atoms with van der Waals surface area (Å²) in [6, 6.07) is 17.5. The number of carbonyl (C=O) groups is 2. The molecule has 1 unspecified atom stereocenters. The van der Waals surface area contributed by atoms with Crippen LogP contribution in [-0.4, -0.2) is 51.4 Å². The second kappa shape index (κ2) is 13.4. The molecule has 1 atom stereocenters. The number of aryl methyl sites for hydroxylation is 1. The molecule has 3 aromatic rings. The summed E-state index contributed by atoms with van der Waals surface area (Å²) in [5.74, 6) is -0.972. The van der Waals surface area contributed by atoms with Gasteiger partial charge in [0.2, 0.25) is 11.8 Å². The van der Waals surface area contributed by atoms with Crippen molar-refractivity contribution >= 4 is 27.5 Å². The third kappa shape index (κ3) is 7.59. The highest BCUT2D eigenvalue weighted by molar-refractivity contribution is 7.92. The third-order valence-electron chi connectivity index (χ3n) is 6.36. The Bertz CT molecular complexity index is 1410. The Hall–Kier alpha value is -3.92. The highest BCUT2D eigenvalue weighted by Gasteiger charge is 2.33. The first-order valence-electron chi connectivity index (χ1n) is 13.0. The van der Waals surface area contributed by atoms with Gasteiger partial charge in [0.05, 0.1) is 17.7 Å². The highest BCUT2D eigenvalue weighted by Crippen LogP contribution is 2.32. The quantitative estimate of drug-likeness (QED) is 0.346. The topological polar surface area (TPSA) is 96.0 Å². The fraction of sp³-hybridized carbons (Fsp3) is 0.333. The van der Waals surface area contributed by atoms with E-state index in [4.69, 9.17) is 4.74 Å². The molecule has 0 aromatic heterocycles. The maximum absolute atomic E-state index is 13.9. The van der Waals surface area contributed by atoms with Gasteiger partial charge in [-0.1, -0.05) is 55.8 Å². The summed E-state index contributed by atoms with van der Waals surface area (Å²) < 4.78 is 47.8. The van der Waals surface area contributed by atoms with Crippen molar-refractivity contribution in [1.82, 2.24) is 10.2 Å². The van der Waals surface area contributed by atoms with Crippen molar-refractivity contribution < 1.29 is 27.1 Å². The Morgan fingerprint density at radius 1 is 0.950 bits per heavy atom. The van der Waals surface area contributed by atoms with E-state index in [0.29, 0.717) is 12.1 Å². The third-order valence-corrected chi connectivity index (χ3v) is 8.13. The van der Waals surface area contributed by atoms with Crippen molar-refractivity contribution in [2.24, 2.45) is 5.92 Å². The van der Waals surface area contributed by atoms with Crippen LogP contribution in [0.15, 0.2) is 77.7 Å². The van der Waals surface area contributed by atoms with E-state index in [2.05, 4.69) is 5.32 Å². The maximum atomic E-state index is 13.9. The van der Waals surface area contributed by atoms with Crippen molar-refractivity contribution in [2.75, 3.05) is 24.5 Å². The van der Waals surface area contributed by atoms with Crippen molar-refractivity contribution in [3.63, 3.8) is 0 Å². The van der Waals surface area contributed by atoms with Crippen molar-refractivity contribution in [3.05, 3.63) is 89.7 Å². The second-order valence-corrected chi connectivity index (χ2v) is 11.8. The Kier molecular flexibility index (Phi) is 10.3. The minimum Gasteiger partial charge on any atom is -0.495 e. The molecule has 0 saturated heterocycles. The SMILES string of the molecule is COc1ccccc1N(CC(=O)N(Cc1ccc(F)cc1)C(C)C(=O)NCC(C)C)S(=O)(=O)c1ccc(C)cc1. The Morgan fingerprint density at radius 3 is 2.17 bits per heavy atom. The fourth-order valence-electron chi connectivity index (χ4n) is 4.01. The molecule has 3 aromatic carbocycles. The van der Waals surface area contributed by atoms with Crippen LogP contribution in [0.25, 0.3) is 0 Å². The molecule has 0 saturated carbocycles. The van der Waals surface area contributed by atoms with E-state index in [1.165, 1.54) is 48.4 Å². The Labute approximate surface area is 235 Å². The van der Waals surface area contributed by atoms with Gasteiger partial charge in [0.25, 0.3) is 10.0 Å². The standard InChI is InChI=1S/C30H36FN3O5S/c1-21(2)18-32-30(36)23(4)33(19-24-12-14-25(31)15-13-24)29(35)20-34(27-8-6-7-9-28(27)39-5)40(37,38)26-16-10-22(3)11-17-26/h6-17,21,23H,18-20H2,1-5H3,(H,32,36). The van der Waals surface area contributed by atoms with Gasteiger partial charge in [-0.3, -0.25) is 13.9 Å². The molecule has 0 aliphatic heterocycles. The van der Waals surface area contributed by atoms with E-state index in [-0.39, 0.29) is 34.7 Å². The van der Waals surface area contributed by atoms with Crippen molar-refractivity contribution in [1.29, 1.82) is 0 Å². The van der Waals surface area contributed by atoms with E-state index >= 15 is 0 Å². The first-order chi connectivity index (χ1) is 18.9. The van der Waals surface area contributed by atoms with E-state index in [9.17, 15) is 22.4 Å². The van der Waals surface area contributed by atoms with Gasteiger partial charge >= 0.3 is 0 Å².